The molecule has 0 saturated heterocycles. The van der Waals surface area contributed by atoms with Crippen LogP contribution in [0.15, 0.2) is 18.2 Å². The van der Waals surface area contributed by atoms with Crippen molar-refractivity contribution in [2.45, 2.75) is 6.92 Å². The zero-order valence-electron chi connectivity index (χ0n) is 12.0. The smallest absolute Gasteiger partial charge is 0.309 e. The molecule has 0 radical (unpaired) electrons. The Morgan fingerprint density at radius 1 is 1.43 bits per heavy atom. The maximum atomic E-state index is 12.1. The number of hydrogen-bond donors (Lipinski definition) is 2. The lowest BCUT2D eigenvalue weighted by molar-refractivity contribution is -0.144. The maximum absolute atomic E-state index is 12.1. The van der Waals surface area contributed by atoms with E-state index in [1.807, 2.05) is 6.07 Å². The highest BCUT2D eigenvalue weighted by Crippen LogP contribution is 2.24. The largest absolute Gasteiger partial charge is 0.469 e. The van der Waals surface area contributed by atoms with Crippen LogP contribution in [0.4, 0.5) is 11.4 Å². The van der Waals surface area contributed by atoms with E-state index in [0.717, 1.165) is 0 Å². The second-order valence-electron chi connectivity index (χ2n) is 4.43. The van der Waals surface area contributed by atoms with Gasteiger partial charge in [0.1, 0.15) is 0 Å². The fourth-order valence-electron chi connectivity index (χ4n) is 1.72. The summed E-state index contributed by atoms with van der Waals surface area (Å²) in [5.41, 5.74) is 1.12. The number of benzene rings is 1. The average Bonchev–Trinajstić information content (AvgIpc) is 2.45. The topological polar surface area (TPSA) is 108 Å². The molecule has 1 aromatic carbocycles. The molecule has 0 saturated carbocycles. The summed E-state index contributed by atoms with van der Waals surface area (Å²) in [6.07, 6.45) is 0. The Morgan fingerprint density at radius 3 is 2.62 bits per heavy atom. The van der Waals surface area contributed by atoms with Gasteiger partial charge in [0.2, 0.25) is 10.0 Å². The van der Waals surface area contributed by atoms with Gasteiger partial charge in [0.15, 0.2) is 0 Å². The van der Waals surface area contributed by atoms with Crippen LogP contribution >= 0.6 is 0 Å². The zero-order valence-corrected chi connectivity index (χ0v) is 12.8. The second-order valence-corrected chi connectivity index (χ2v) is 6.20. The van der Waals surface area contributed by atoms with E-state index in [1.54, 1.807) is 19.2 Å². The summed E-state index contributed by atoms with van der Waals surface area (Å²) >= 11 is 0. The first-order chi connectivity index (χ1) is 9.82. The Morgan fingerprint density at radius 2 is 2.10 bits per heavy atom. The van der Waals surface area contributed by atoms with Crippen LogP contribution in [0, 0.1) is 17.2 Å². The van der Waals surface area contributed by atoms with Crippen LogP contribution in [-0.4, -0.2) is 34.3 Å². The first-order valence-corrected chi connectivity index (χ1v) is 7.78. The number of esters is 1. The van der Waals surface area contributed by atoms with Crippen molar-refractivity contribution in [1.82, 2.24) is 0 Å². The van der Waals surface area contributed by atoms with Gasteiger partial charge in [-0.05, 0) is 18.2 Å². The van der Waals surface area contributed by atoms with Gasteiger partial charge < -0.3 is 10.1 Å². The number of ether oxygens (including phenoxy) is 1. The van der Waals surface area contributed by atoms with Gasteiger partial charge in [-0.15, -0.1) is 0 Å². The van der Waals surface area contributed by atoms with Crippen LogP contribution in [0.3, 0.4) is 0 Å². The lowest BCUT2D eigenvalue weighted by atomic mass is 10.2. The van der Waals surface area contributed by atoms with Crippen LogP contribution in [0.2, 0.25) is 0 Å². The van der Waals surface area contributed by atoms with Crippen molar-refractivity contribution in [3.63, 3.8) is 0 Å². The van der Waals surface area contributed by atoms with E-state index in [-0.39, 0.29) is 5.69 Å². The van der Waals surface area contributed by atoms with Crippen molar-refractivity contribution in [2.75, 3.05) is 29.9 Å². The maximum Gasteiger partial charge on any atom is 0.309 e. The molecule has 1 rings (SSSR count). The number of sulfonamides is 1. The molecular formula is C13H17N3O4S. The van der Waals surface area contributed by atoms with Crippen molar-refractivity contribution in [3.05, 3.63) is 23.8 Å². The Kier molecular flexibility index (Phi) is 5.55. The van der Waals surface area contributed by atoms with E-state index in [9.17, 15) is 13.2 Å². The van der Waals surface area contributed by atoms with E-state index in [4.69, 9.17) is 5.26 Å². The van der Waals surface area contributed by atoms with Crippen LogP contribution in [0.25, 0.3) is 0 Å². The molecule has 1 unspecified atom stereocenters. The molecule has 1 aromatic rings. The first kappa shape index (κ1) is 16.8. The third-order valence-electron chi connectivity index (χ3n) is 2.76. The van der Waals surface area contributed by atoms with Gasteiger partial charge in [-0.1, -0.05) is 6.92 Å². The summed E-state index contributed by atoms with van der Waals surface area (Å²) in [6, 6.07) is 6.53. The molecule has 0 bridgehead atoms. The van der Waals surface area contributed by atoms with Crippen LogP contribution in [0.1, 0.15) is 12.5 Å². The number of nitrogens with one attached hydrogen (secondary N) is 2. The number of hydrogen-bond acceptors (Lipinski definition) is 6. The Hall–Kier alpha value is -2.27. The summed E-state index contributed by atoms with van der Waals surface area (Å²) in [5.74, 6) is -1.79. The highest BCUT2D eigenvalue weighted by atomic mass is 32.2. The van der Waals surface area contributed by atoms with Crippen LogP contribution < -0.4 is 10.0 Å². The number of nitrogens with zero attached hydrogens (tertiary/aromatic N) is 1. The molecule has 0 fully saturated rings. The fourth-order valence-corrected chi connectivity index (χ4v) is 3.11. The fraction of sp³-hybridized carbons (Fsp3) is 0.385. The van der Waals surface area contributed by atoms with Crippen LogP contribution in [-0.2, 0) is 19.6 Å². The van der Waals surface area contributed by atoms with E-state index >= 15 is 0 Å². The first-order valence-electron chi connectivity index (χ1n) is 6.13. The molecule has 0 heterocycles. The monoisotopic (exact) mass is 311 g/mol. The lowest BCUT2D eigenvalue weighted by Gasteiger charge is -2.14. The molecular weight excluding hydrogens is 294 g/mol. The van der Waals surface area contributed by atoms with Crippen molar-refractivity contribution < 1.29 is 17.9 Å². The number of nitriles is 1. The standard InChI is InChI=1S/C13H17N3O4S/c1-9(13(17)20-3)8-21(18,19)16-12-6-10(7-14)4-5-11(12)15-2/h4-6,9,15-16H,8H2,1-3H3. The average molecular weight is 311 g/mol. The lowest BCUT2D eigenvalue weighted by Crippen LogP contribution is -2.27. The number of carbonyl (C=O) groups is 1. The van der Waals surface area contributed by atoms with Crippen LogP contribution in [0.5, 0.6) is 0 Å². The minimum atomic E-state index is -3.75. The van der Waals surface area contributed by atoms with Crippen molar-refractivity contribution in [3.8, 4) is 6.07 Å². The van der Waals surface area contributed by atoms with Gasteiger partial charge in [-0.25, -0.2) is 8.42 Å². The van der Waals surface area contributed by atoms with Gasteiger partial charge in [0, 0.05) is 7.05 Å². The van der Waals surface area contributed by atoms with E-state index in [2.05, 4.69) is 14.8 Å². The van der Waals surface area contributed by atoms with Gasteiger partial charge >= 0.3 is 5.97 Å². The highest BCUT2D eigenvalue weighted by molar-refractivity contribution is 7.92. The number of anilines is 2. The van der Waals surface area contributed by atoms with Crippen molar-refractivity contribution in [2.24, 2.45) is 5.92 Å². The molecule has 0 aliphatic heterocycles. The summed E-state index contributed by atoms with van der Waals surface area (Å²) in [7, 11) is -0.909. The molecule has 114 valence electrons. The molecule has 0 aromatic heterocycles. The predicted octanol–water partition coefficient (Wildman–Crippen LogP) is 1.15. The second kappa shape index (κ2) is 6.95. The number of methoxy groups -OCH3 is 1. The molecule has 0 amide bonds. The molecule has 0 aliphatic carbocycles. The summed E-state index contributed by atoms with van der Waals surface area (Å²) in [4.78, 5) is 11.3. The van der Waals surface area contributed by atoms with Crippen molar-refractivity contribution >= 4 is 27.4 Å². The molecule has 8 heteroatoms. The Balaban J connectivity index is 2.99. The number of rotatable bonds is 6. The highest BCUT2D eigenvalue weighted by Gasteiger charge is 2.23. The molecule has 0 spiro atoms. The van der Waals surface area contributed by atoms with Gasteiger partial charge in [0.05, 0.1) is 41.8 Å². The quantitative estimate of drug-likeness (QED) is 0.763. The SMILES string of the molecule is CNc1ccc(C#N)cc1NS(=O)(=O)CC(C)C(=O)OC. The molecule has 2 N–H and O–H groups in total. The molecule has 21 heavy (non-hydrogen) atoms. The zero-order chi connectivity index (χ0) is 16.0. The van der Waals surface area contributed by atoms with Gasteiger partial charge in [-0.2, -0.15) is 5.26 Å². The Bertz CT molecular complexity index is 664. The normalized spacial score (nSPS) is 12.1. The number of carbonyl (C=O) groups excluding carboxylic acids is 1. The molecule has 1 atom stereocenters. The summed E-state index contributed by atoms with van der Waals surface area (Å²) in [5, 5.41) is 11.7. The van der Waals surface area contributed by atoms with Crippen molar-refractivity contribution in [1.29, 1.82) is 5.26 Å². The molecule has 7 nitrogen and oxygen atoms in total. The van der Waals surface area contributed by atoms with Gasteiger partial charge in [-0.3, -0.25) is 9.52 Å². The minimum absolute atomic E-state index is 0.258. The molecule has 0 aliphatic rings. The van der Waals surface area contributed by atoms with E-state index < -0.39 is 27.7 Å². The van der Waals surface area contributed by atoms with Gasteiger partial charge in [0.25, 0.3) is 0 Å². The summed E-state index contributed by atoms with van der Waals surface area (Å²) < 4.78 is 31.0. The van der Waals surface area contributed by atoms with E-state index in [1.165, 1.54) is 20.1 Å². The Labute approximate surface area is 124 Å². The third-order valence-corrected chi connectivity index (χ3v) is 4.23. The summed E-state index contributed by atoms with van der Waals surface area (Å²) in [6.45, 7) is 1.47. The minimum Gasteiger partial charge on any atom is -0.469 e. The van der Waals surface area contributed by atoms with E-state index in [0.29, 0.717) is 11.3 Å². The third kappa shape index (κ3) is 4.65. The predicted molar refractivity (Wildman–Crippen MR) is 79.3 cm³/mol.